The van der Waals surface area contributed by atoms with E-state index in [4.69, 9.17) is 11.6 Å². The van der Waals surface area contributed by atoms with E-state index in [1.807, 2.05) is 24.4 Å². The Balaban J connectivity index is 1.68. The van der Waals surface area contributed by atoms with Crippen molar-refractivity contribution in [1.82, 2.24) is 9.55 Å². The lowest BCUT2D eigenvalue weighted by Gasteiger charge is -2.15. The van der Waals surface area contributed by atoms with Crippen molar-refractivity contribution in [2.75, 3.05) is 5.32 Å². The van der Waals surface area contributed by atoms with E-state index in [2.05, 4.69) is 27.1 Å². The van der Waals surface area contributed by atoms with Crippen LogP contribution in [0, 0.1) is 0 Å². The summed E-state index contributed by atoms with van der Waals surface area (Å²) in [5.41, 5.74) is 1.17. The van der Waals surface area contributed by atoms with Crippen molar-refractivity contribution in [2.45, 2.75) is 38.3 Å². The third-order valence-corrected chi connectivity index (χ3v) is 3.96. The molecule has 1 aliphatic rings. The van der Waals surface area contributed by atoms with E-state index in [9.17, 15) is 0 Å². The number of rotatable bonds is 4. The highest BCUT2D eigenvalue weighted by atomic mass is 35.5. The SMILES string of the molecule is Clc1cccc(CNc2nccn2C2CCCC2)c1. The normalized spacial score (nSPS) is 15.8. The maximum atomic E-state index is 5.99. The van der Waals surface area contributed by atoms with Gasteiger partial charge in [-0.2, -0.15) is 0 Å². The zero-order valence-corrected chi connectivity index (χ0v) is 11.6. The maximum absolute atomic E-state index is 5.99. The van der Waals surface area contributed by atoms with E-state index in [-0.39, 0.29) is 0 Å². The van der Waals surface area contributed by atoms with Gasteiger partial charge < -0.3 is 9.88 Å². The van der Waals surface area contributed by atoms with Crippen LogP contribution in [0.1, 0.15) is 37.3 Å². The van der Waals surface area contributed by atoms with Crippen molar-refractivity contribution in [2.24, 2.45) is 0 Å². The second-order valence-corrected chi connectivity index (χ2v) is 5.52. The largest absolute Gasteiger partial charge is 0.352 e. The predicted molar refractivity (Wildman–Crippen MR) is 78.5 cm³/mol. The molecular formula is C15H18ClN3. The lowest BCUT2D eigenvalue weighted by molar-refractivity contribution is 0.523. The van der Waals surface area contributed by atoms with E-state index in [1.165, 1.54) is 31.2 Å². The van der Waals surface area contributed by atoms with Gasteiger partial charge in [0.1, 0.15) is 0 Å². The van der Waals surface area contributed by atoms with Crippen molar-refractivity contribution in [3.05, 3.63) is 47.2 Å². The van der Waals surface area contributed by atoms with Crippen LogP contribution in [0.15, 0.2) is 36.7 Å². The first-order valence-electron chi connectivity index (χ1n) is 6.84. The molecule has 0 atom stereocenters. The highest BCUT2D eigenvalue weighted by molar-refractivity contribution is 6.30. The molecular weight excluding hydrogens is 258 g/mol. The average molecular weight is 276 g/mol. The molecule has 19 heavy (non-hydrogen) atoms. The molecule has 1 N–H and O–H groups in total. The molecule has 100 valence electrons. The molecule has 1 aliphatic carbocycles. The summed E-state index contributed by atoms with van der Waals surface area (Å²) in [5, 5.41) is 4.18. The first kappa shape index (κ1) is 12.5. The Bertz CT molecular complexity index is 544. The molecule has 2 aromatic rings. The van der Waals surface area contributed by atoms with Crippen molar-refractivity contribution in [1.29, 1.82) is 0 Å². The summed E-state index contributed by atoms with van der Waals surface area (Å²) >= 11 is 5.99. The molecule has 1 fully saturated rings. The van der Waals surface area contributed by atoms with Gasteiger partial charge in [0.2, 0.25) is 5.95 Å². The van der Waals surface area contributed by atoms with Crippen LogP contribution in [0.25, 0.3) is 0 Å². The number of halogens is 1. The highest BCUT2D eigenvalue weighted by Gasteiger charge is 2.18. The number of nitrogens with zero attached hydrogens (tertiary/aromatic N) is 2. The number of imidazole rings is 1. The number of nitrogens with one attached hydrogen (secondary N) is 1. The molecule has 1 heterocycles. The molecule has 0 saturated heterocycles. The van der Waals surface area contributed by atoms with Crippen molar-refractivity contribution < 1.29 is 0 Å². The summed E-state index contributed by atoms with van der Waals surface area (Å²) in [7, 11) is 0. The van der Waals surface area contributed by atoms with Crippen molar-refractivity contribution >= 4 is 17.5 Å². The summed E-state index contributed by atoms with van der Waals surface area (Å²) in [5.74, 6) is 0.965. The lowest BCUT2D eigenvalue weighted by atomic mass is 10.2. The van der Waals surface area contributed by atoms with Gasteiger partial charge in [-0.1, -0.05) is 36.6 Å². The number of hydrogen-bond acceptors (Lipinski definition) is 2. The van der Waals surface area contributed by atoms with E-state index < -0.39 is 0 Å². The van der Waals surface area contributed by atoms with Crippen molar-refractivity contribution in [3.63, 3.8) is 0 Å². The second kappa shape index (κ2) is 5.66. The third-order valence-electron chi connectivity index (χ3n) is 3.73. The molecule has 1 saturated carbocycles. The first-order valence-corrected chi connectivity index (χ1v) is 7.22. The summed E-state index contributed by atoms with van der Waals surface area (Å²) in [4.78, 5) is 4.42. The quantitative estimate of drug-likeness (QED) is 0.903. The fourth-order valence-electron chi connectivity index (χ4n) is 2.76. The fraction of sp³-hybridized carbons (Fsp3) is 0.400. The molecule has 0 radical (unpaired) electrons. The Morgan fingerprint density at radius 3 is 2.95 bits per heavy atom. The highest BCUT2D eigenvalue weighted by Crippen LogP contribution is 2.31. The Kier molecular flexibility index (Phi) is 3.74. The summed E-state index contributed by atoms with van der Waals surface area (Å²) < 4.78 is 2.28. The van der Waals surface area contributed by atoms with E-state index >= 15 is 0 Å². The Labute approximate surface area is 118 Å². The van der Waals surface area contributed by atoms with Crippen LogP contribution in [-0.2, 0) is 6.54 Å². The Morgan fingerprint density at radius 2 is 2.16 bits per heavy atom. The smallest absolute Gasteiger partial charge is 0.203 e. The average Bonchev–Trinajstić information content (AvgIpc) is 3.07. The molecule has 3 rings (SSSR count). The van der Waals surface area contributed by atoms with Gasteiger partial charge in [-0.25, -0.2) is 4.98 Å². The molecule has 0 aliphatic heterocycles. The molecule has 4 heteroatoms. The second-order valence-electron chi connectivity index (χ2n) is 5.08. The molecule has 0 unspecified atom stereocenters. The van der Waals surface area contributed by atoms with Gasteiger partial charge in [0.15, 0.2) is 0 Å². The number of benzene rings is 1. The van der Waals surface area contributed by atoms with Crippen LogP contribution < -0.4 is 5.32 Å². The van der Waals surface area contributed by atoms with Gasteiger partial charge in [0.05, 0.1) is 0 Å². The molecule has 0 spiro atoms. The Hall–Kier alpha value is -1.48. The van der Waals surface area contributed by atoms with Crippen LogP contribution >= 0.6 is 11.6 Å². The van der Waals surface area contributed by atoms with Gasteiger partial charge in [0, 0.05) is 30.0 Å². The van der Waals surface area contributed by atoms with E-state index in [0.717, 1.165) is 17.5 Å². The maximum Gasteiger partial charge on any atom is 0.203 e. The van der Waals surface area contributed by atoms with Crippen molar-refractivity contribution in [3.8, 4) is 0 Å². The zero-order chi connectivity index (χ0) is 13.1. The first-order chi connectivity index (χ1) is 9.33. The van der Waals surface area contributed by atoms with Gasteiger partial charge in [0.25, 0.3) is 0 Å². The minimum Gasteiger partial charge on any atom is -0.352 e. The van der Waals surface area contributed by atoms with Crippen LogP contribution in [-0.4, -0.2) is 9.55 Å². The molecule has 3 nitrogen and oxygen atoms in total. The standard InChI is InChI=1S/C15H18ClN3/c16-13-5-3-4-12(10-13)11-18-15-17-8-9-19(15)14-6-1-2-7-14/h3-5,8-10,14H,1-2,6-7,11H2,(H,17,18). The zero-order valence-electron chi connectivity index (χ0n) is 10.8. The molecule has 0 amide bonds. The minimum atomic E-state index is 0.615. The van der Waals surface area contributed by atoms with Crippen LogP contribution in [0.4, 0.5) is 5.95 Å². The van der Waals surface area contributed by atoms with Crippen LogP contribution in [0.2, 0.25) is 5.02 Å². The van der Waals surface area contributed by atoms with Gasteiger partial charge >= 0.3 is 0 Å². The summed E-state index contributed by atoms with van der Waals surface area (Å²) in [6, 6.07) is 8.54. The molecule has 0 bridgehead atoms. The summed E-state index contributed by atoms with van der Waals surface area (Å²) in [6.45, 7) is 0.754. The van der Waals surface area contributed by atoms with E-state index in [1.54, 1.807) is 0 Å². The lowest BCUT2D eigenvalue weighted by Crippen LogP contribution is -2.10. The number of aromatic nitrogens is 2. The van der Waals surface area contributed by atoms with Gasteiger partial charge in [-0.3, -0.25) is 0 Å². The van der Waals surface area contributed by atoms with Crippen LogP contribution in [0.5, 0.6) is 0 Å². The Morgan fingerprint density at radius 1 is 1.32 bits per heavy atom. The summed E-state index contributed by atoms with van der Waals surface area (Å²) in [6.07, 6.45) is 9.15. The minimum absolute atomic E-state index is 0.615. The molecule has 1 aromatic heterocycles. The number of hydrogen-bond donors (Lipinski definition) is 1. The van der Waals surface area contributed by atoms with Crippen LogP contribution in [0.3, 0.4) is 0 Å². The van der Waals surface area contributed by atoms with Gasteiger partial charge in [-0.05, 0) is 30.5 Å². The molecule has 1 aromatic carbocycles. The topological polar surface area (TPSA) is 29.9 Å². The number of anilines is 1. The third kappa shape index (κ3) is 2.92. The fourth-order valence-corrected chi connectivity index (χ4v) is 2.97. The van der Waals surface area contributed by atoms with Gasteiger partial charge in [-0.15, -0.1) is 0 Å². The monoisotopic (exact) mass is 275 g/mol. The van der Waals surface area contributed by atoms with E-state index in [0.29, 0.717) is 6.04 Å². The predicted octanol–water partition coefficient (Wildman–Crippen LogP) is 4.26.